The van der Waals surface area contributed by atoms with Crippen molar-refractivity contribution < 1.29 is 4.79 Å². The van der Waals surface area contributed by atoms with E-state index in [0.717, 1.165) is 18.2 Å². The van der Waals surface area contributed by atoms with Crippen LogP contribution in [-0.4, -0.2) is 65.9 Å². The number of rotatable bonds is 3. The molecule has 0 unspecified atom stereocenters. The quantitative estimate of drug-likeness (QED) is 0.617. The molecule has 5 heteroatoms. The van der Waals surface area contributed by atoms with Gasteiger partial charge in [0.15, 0.2) is 0 Å². The van der Waals surface area contributed by atoms with Gasteiger partial charge in [-0.25, -0.2) is 4.98 Å². The van der Waals surface area contributed by atoms with Crippen molar-refractivity contribution in [2.45, 2.75) is 18.9 Å². The minimum atomic E-state index is 0.731. The maximum Gasteiger partial charge on any atom is 0.142 e. The first-order chi connectivity index (χ1) is 9.54. The van der Waals surface area contributed by atoms with Gasteiger partial charge < -0.3 is 14.4 Å². The second kappa shape index (κ2) is 8.66. The first kappa shape index (κ1) is 16.6. The number of aromatic nitrogens is 2. The molecule has 0 amide bonds. The summed E-state index contributed by atoms with van der Waals surface area (Å²) in [7, 11) is 8.43. The van der Waals surface area contributed by atoms with Crippen LogP contribution in [0.2, 0.25) is 0 Å². The van der Waals surface area contributed by atoms with Gasteiger partial charge >= 0.3 is 0 Å². The Kier molecular flexibility index (Phi) is 7.18. The molecule has 112 valence electrons. The summed E-state index contributed by atoms with van der Waals surface area (Å²) < 4.78 is 1.83. The van der Waals surface area contributed by atoms with E-state index in [1.165, 1.54) is 32.0 Å². The highest BCUT2D eigenvalue weighted by Crippen LogP contribution is 2.11. The molecule has 1 saturated heterocycles. The normalized spacial score (nSPS) is 17.2. The van der Waals surface area contributed by atoms with E-state index in [1.54, 1.807) is 12.3 Å². The highest BCUT2D eigenvalue weighted by Gasteiger charge is 2.17. The van der Waals surface area contributed by atoms with Gasteiger partial charge in [-0.1, -0.05) is 0 Å². The highest BCUT2D eigenvalue weighted by molar-refractivity contribution is 5.72. The summed E-state index contributed by atoms with van der Waals surface area (Å²) >= 11 is 0. The standard InChI is InChI=1S/C8H18N2.C7H8N2O/c1-9(2)8-4-6-10(3)7-5-8;1-9-5-4-8-7(9)3-2-6-10/h8H,4-7H2,1-3H3;2-6H,1H3/b;3-2+. The van der Waals surface area contributed by atoms with Crippen LogP contribution in [-0.2, 0) is 11.8 Å². The highest BCUT2D eigenvalue weighted by atomic mass is 16.1. The zero-order valence-electron chi connectivity index (χ0n) is 13.0. The van der Waals surface area contributed by atoms with Crippen molar-refractivity contribution in [2.24, 2.45) is 7.05 Å². The second-order valence-electron chi connectivity index (χ2n) is 5.39. The topological polar surface area (TPSA) is 41.4 Å². The van der Waals surface area contributed by atoms with Crippen LogP contribution < -0.4 is 0 Å². The third kappa shape index (κ3) is 5.67. The molecule has 0 aromatic carbocycles. The van der Waals surface area contributed by atoms with Gasteiger partial charge in [-0.2, -0.15) is 0 Å². The Morgan fingerprint density at radius 3 is 2.40 bits per heavy atom. The zero-order chi connectivity index (χ0) is 15.0. The minimum Gasteiger partial charge on any atom is -0.335 e. The van der Waals surface area contributed by atoms with E-state index in [0.29, 0.717) is 0 Å². The van der Waals surface area contributed by atoms with Gasteiger partial charge in [-0.15, -0.1) is 0 Å². The first-order valence-electron chi connectivity index (χ1n) is 6.98. The largest absolute Gasteiger partial charge is 0.335 e. The molecule has 1 fully saturated rings. The van der Waals surface area contributed by atoms with E-state index < -0.39 is 0 Å². The molecule has 20 heavy (non-hydrogen) atoms. The number of aryl methyl sites for hydroxylation is 1. The third-order valence-corrected chi connectivity index (χ3v) is 3.60. The fraction of sp³-hybridized carbons (Fsp3) is 0.600. The molecule has 0 spiro atoms. The van der Waals surface area contributed by atoms with E-state index in [1.807, 2.05) is 17.8 Å². The van der Waals surface area contributed by atoms with E-state index in [-0.39, 0.29) is 0 Å². The Labute approximate surface area is 121 Å². The monoisotopic (exact) mass is 278 g/mol. The van der Waals surface area contributed by atoms with Crippen LogP contribution in [0.4, 0.5) is 0 Å². The van der Waals surface area contributed by atoms with Crippen molar-refractivity contribution in [1.29, 1.82) is 0 Å². The summed E-state index contributed by atoms with van der Waals surface area (Å²) in [6, 6.07) is 0.830. The van der Waals surface area contributed by atoms with Gasteiger partial charge in [-0.3, -0.25) is 4.79 Å². The summed E-state index contributed by atoms with van der Waals surface area (Å²) in [6.45, 7) is 2.53. The number of carbonyl (C=O) groups is 1. The van der Waals surface area contributed by atoms with Crippen molar-refractivity contribution in [3.8, 4) is 0 Å². The number of hydrogen-bond donors (Lipinski definition) is 0. The van der Waals surface area contributed by atoms with Crippen molar-refractivity contribution in [1.82, 2.24) is 19.4 Å². The lowest BCUT2D eigenvalue weighted by molar-refractivity contribution is -0.104. The van der Waals surface area contributed by atoms with Crippen molar-refractivity contribution >= 4 is 12.4 Å². The van der Waals surface area contributed by atoms with E-state index in [4.69, 9.17) is 0 Å². The Balaban J connectivity index is 0.000000200. The van der Waals surface area contributed by atoms with Crippen molar-refractivity contribution in [3.63, 3.8) is 0 Å². The smallest absolute Gasteiger partial charge is 0.142 e. The number of imidazole rings is 1. The van der Waals surface area contributed by atoms with E-state index in [2.05, 4.69) is 35.9 Å². The van der Waals surface area contributed by atoms with E-state index >= 15 is 0 Å². The Morgan fingerprint density at radius 1 is 1.30 bits per heavy atom. The summed E-state index contributed by atoms with van der Waals surface area (Å²) in [6.07, 6.45) is 9.99. The molecule has 0 atom stereocenters. The average molecular weight is 278 g/mol. The molecule has 0 bridgehead atoms. The van der Waals surface area contributed by atoms with Crippen LogP contribution in [0.3, 0.4) is 0 Å². The molecule has 0 radical (unpaired) electrons. The summed E-state index contributed by atoms with van der Waals surface area (Å²) in [5, 5.41) is 0. The van der Waals surface area contributed by atoms with Gasteiger partial charge in [0.05, 0.1) is 0 Å². The van der Waals surface area contributed by atoms with Gasteiger partial charge in [0.1, 0.15) is 12.1 Å². The molecule has 1 aliphatic rings. The molecule has 1 aromatic heterocycles. The summed E-state index contributed by atoms with van der Waals surface area (Å²) in [4.78, 5) is 18.6. The predicted octanol–water partition coefficient (Wildman–Crippen LogP) is 1.27. The number of aldehydes is 1. The first-order valence-corrected chi connectivity index (χ1v) is 6.98. The summed E-state index contributed by atoms with van der Waals surface area (Å²) in [5.74, 6) is 0.784. The van der Waals surface area contributed by atoms with Gasteiger partial charge in [0.2, 0.25) is 0 Å². The SMILES string of the molecule is CN1CCC(N(C)C)CC1.Cn1ccnc1/C=C/C=O. The number of likely N-dealkylation sites (tertiary alicyclic amines) is 1. The van der Waals surface area contributed by atoms with Gasteiger partial charge in [0.25, 0.3) is 0 Å². The Morgan fingerprint density at radius 2 is 1.95 bits per heavy atom. The minimum absolute atomic E-state index is 0.731. The molecule has 0 N–H and O–H groups in total. The van der Waals surface area contributed by atoms with Crippen LogP contribution >= 0.6 is 0 Å². The van der Waals surface area contributed by atoms with Gasteiger partial charge in [-0.05, 0) is 59.2 Å². The third-order valence-electron chi connectivity index (χ3n) is 3.60. The molecule has 0 aliphatic carbocycles. The molecular weight excluding hydrogens is 252 g/mol. The number of nitrogens with zero attached hydrogens (tertiary/aromatic N) is 4. The lowest BCUT2D eigenvalue weighted by Crippen LogP contribution is -2.40. The molecule has 5 nitrogen and oxygen atoms in total. The van der Waals surface area contributed by atoms with Crippen LogP contribution in [0, 0.1) is 0 Å². The maximum absolute atomic E-state index is 9.89. The molecule has 2 rings (SSSR count). The molecule has 2 heterocycles. The fourth-order valence-electron chi connectivity index (χ4n) is 2.17. The van der Waals surface area contributed by atoms with Crippen LogP contribution in [0.1, 0.15) is 18.7 Å². The molecular formula is C15H26N4O. The van der Waals surface area contributed by atoms with Gasteiger partial charge in [0, 0.05) is 25.5 Å². The predicted molar refractivity (Wildman–Crippen MR) is 82.5 cm³/mol. The van der Waals surface area contributed by atoms with E-state index in [9.17, 15) is 4.79 Å². The number of carbonyl (C=O) groups excluding carboxylic acids is 1. The average Bonchev–Trinajstić information content (AvgIpc) is 2.83. The van der Waals surface area contributed by atoms with Crippen LogP contribution in [0.15, 0.2) is 18.5 Å². The Bertz CT molecular complexity index is 417. The number of allylic oxidation sites excluding steroid dienone is 1. The molecule has 1 aromatic rings. The molecule has 1 aliphatic heterocycles. The number of piperidine rings is 1. The summed E-state index contributed by atoms with van der Waals surface area (Å²) in [5.41, 5.74) is 0. The second-order valence-corrected chi connectivity index (χ2v) is 5.39. The Hall–Kier alpha value is -1.46. The lowest BCUT2D eigenvalue weighted by atomic mass is 10.1. The zero-order valence-corrected chi connectivity index (χ0v) is 13.0. The lowest BCUT2D eigenvalue weighted by Gasteiger charge is -2.32. The van der Waals surface area contributed by atoms with Crippen molar-refractivity contribution in [2.75, 3.05) is 34.2 Å². The number of hydrogen-bond acceptors (Lipinski definition) is 4. The van der Waals surface area contributed by atoms with Crippen molar-refractivity contribution in [3.05, 3.63) is 24.3 Å². The van der Waals surface area contributed by atoms with Crippen LogP contribution in [0.25, 0.3) is 6.08 Å². The van der Waals surface area contributed by atoms with Crippen LogP contribution in [0.5, 0.6) is 0 Å². The fourth-order valence-corrected chi connectivity index (χ4v) is 2.17. The molecule has 0 saturated carbocycles. The maximum atomic E-state index is 9.89.